The Balaban J connectivity index is 1.67. The molecule has 2 heterocycles. The van der Waals surface area contributed by atoms with Crippen molar-refractivity contribution in [3.63, 3.8) is 0 Å². The first-order valence-corrected chi connectivity index (χ1v) is 11.8. The van der Waals surface area contributed by atoms with Crippen LogP contribution in [0, 0.1) is 5.41 Å². The molecular formula is C23H23F2N5O3S. The monoisotopic (exact) mass is 487 g/mol. The van der Waals surface area contributed by atoms with Crippen LogP contribution in [0.5, 0.6) is 5.75 Å². The molecule has 0 radical (unpaired) electrons. The second kappa shape index (κ2) is 9.34. The second-order valence-electron chi connectivity index (χ2n) is 8.25. The molecule has 0 saturated carbocycles. The number of benzene rings is 2. The maximum atomic E-state index is 12.9. The zero-order chi connectivity index (χ0) is 24.5. The number of ether oxygens (including phenoxy) is 1. The van der Waals surface area contributed by atoms with Gasteiger partial charge in [-0.05, 0) is 43.3 Å². The summed E-state index contributed by atoms with van der Waals surface area (Å²) in [7, 11) is 0.778. The summed E-state index contributed by atoms with van der Waals surface area (Å²) in [6.45, 7) is -1.11. The van der Waals surface area contributed by atoms with Crippen molar-refractivity contribution < 1.29 is 22.5 Å². The van der Waals surface area contributed by atoms with E-state index in [0.29, 0.717) is 39.7 Å². The molecule has 4 rings (SSSR count). The van der Waals surface area contributed by atoms with Crippen LogP contribution in [0.4, 0.5) is 20.2 Å². The summed E-state index contributed by atoms with van der Waals surface area (Å²) in [6.07, 6.45) is 1.57. The van der Waals surface area contributed by atoms with Crippen molar-refractivity contribution >= 4 is 33.8 Å². The van der Waals surface area contributed by atoms with E-state index in [0.717, 1.165) is 0 Å². The van der Waals surface area contributed by atoms with Crippen LogP contribution >= 0.6 is 0 Å². The first kappa shape index (κ1) is 23.6. The molecule has 0 spiro atoms. The van der Waals surface area contributed by atoms with Gasteiger partial charge in [0.05, 0.1) is 16.9 Å². The number of alkyl halides is 2. The number of halogens is 2. The first-order chi connectivity index (χ1) is 16.1. The molecule has 0 unspecified atom stereocenters. The fourth-order valence-electron chi connectivity index (χ4n) is 3.75. The van der Waals surface area contributed by atoms with Gasteiger partial charge in [0.1, 0.15) is 5.75 Å². The van der Waals surface area contributed by atoms with Crippen LogP contribution in [-0.2, 0) is 17.8 Å². The van der Waals surface area contributed by atoms with Crippen LogP contribution in [0.2, 0.25) is 0 Å². The zero-order valence-electron chi connectivity index (χ0n) is 18.5. The molecule has 8 nitrogen and oxygen atoms in total. The molecule has 1 aliphatic heterocycles. The van der Waals surface area contributed by atoms with E-state index in [1.165, 1.54) is 12.1 Å². The van der Waals surface area contributed by atoms with Crippen LogP contribution in [-0.4, -0.2) is 49.3 Å². The molecule has 3 N–H and O–H groups in total. The highest BCUT2D eigenvalue weighted by molar-refractivity contribution is 7.86. The van der Waals surface area contributed by atoms with Gasteiger partial charge in [-0.15, -0.1) is 0 Å². The lowest BCUT2D eigenvalue weighted by Crippen LogP contribution is -2.61. The maximum absolute atomic E-state index is 12.9. The SMILES string of the molecule is Cn1nccc1C(=N)c1cc(C(=O)NC2(C)CS(=O)C2)ccc1Nc1cccc(OC(F)F)c1. The Morgan fingerprint density at radius 3 is 2.65 bits per heavy atom. The molecule has 1 amide bonds. The Morgan fingerprint density at radius 1 is 1.24 bits per heavy atom. The highest BCUT2D eigenvalue weighted by atomic mass is 32.2. The van der Waals surface area contributed by atoms with Crippen LogP contribution in [0.25, 0.3) is 0 Å². The predicted molar refractivity (Wildman–Crippen MR) is 126 cm³/mol. The third-order valence-corrected chi connectivity index (χ3v) is 7.26. The van der Waals surface area contributed by atoms with Crippen molar-refractivity contribution in [1.29, 1.82) is 5.41 Å². The van der Waals surface area contributed by atoms with Gasteiger partial charge in [-0.1, -0.05) is 6.07 Å². The third-order valence-electron chi connectivity index (χ3n) is 5.34. The van der Waals surface area contributed by atoms with Gasteiger partial charge < -0.3 is 15.4 Å². The highest BCUT2D eigenvalue weighted by Crippen LogP contribution is 2.28. The third kappa shape index (κ3) is 5.14. The normalized spacial score (nSPS) is 19.4. The molecule has 1 aromatic heterocycles. The van der Waals surface area contributed by atoms with Gasteiger partial charge in [-0.3, -0.25) is 19.1 Å². The van der Waals surface area contributed by atoms with E-state index in [-0.39, 0.29) is 17.4 Å². The van der Waals surface area contributed by atoms with Crippen molar-refractivity contribution in [2.75, 3.05) is 16.8 Å². The lowest BCUT2D eigenvalue weighted by atomic mass is 10.00. The fourth-order valence-corrected chi connectivity index (χ4v) is 5.23. The van der Waals surface area contributed by atoms with Crippen LogP contribution in [0.3, 0.4) is 0 Å². The summed E-state index contributed by atoms with van der Waals surface area (Å²) in [5, 5.41) is 18.9. The van der Waals surface area contributed by atoms with Gasteiger partial charge in [-0.2, -0.15) is 13.9 Å². The number of anilines is 2. The molecule has 0 bridgehead atoms. The first-order valence-electron chi connectivity index (χ1n) is 10.3. The lowest BCUT2D eigenvalue weighted by molar-refractivity contribution is -0.0498. The molecule has 1 fully saturated rings. The summed E-state index contributed by atoms with van der Waals surface area (Å²) in [6, 6.07) is 12.6. The van der Waals surface area contributed by atoms with E-state index in [4.69, 9.17) is 5.41 Å². The van der Waals surface area contributed by atoms with E-state index in [1.807, 2.05) is 6.92 Å². The minimum Gasteiger partial charge on any atom is -0.435 e. The average molecular weight is 488 g/mol. The Hall–Kier alpha value is -3.60. The van der Waals surface area contributed by atoms with Crippen molar-refractivity contribution in [2.24, 2.45) is 7.05 Å². The van der Waals surface area contributed by atoms with E-state index < -0.39 is 22.9 Å². The van der Waals surface area contributed by atoms with Crippen LogP contribution in [0.1, 0.15) is 28.5 Å². The fraction of sp³-hybridized carbons (Fsp3) is 0.261. The minimum absolute atomic E-state index is 0.00890. The molecule has 1 saturated heterocycles. The molecule has 0 aliphatic carbocycles. The Labute approximate surface area is 197 Å². The molecule has 0 atom stereocenters. The van der Waals surface area contributed by atoms with Crippen LogP contribution in [0.15, 0.2) is 54.7 Å². The van der Waals surface area contributed by atoms with Gasteiger partial charge in [0.25, 0.3) is 5.91 Å². The van der Waals surface area contributed by atoms with Crippen molar-refractivity contribution in [2.45, 2.75) is 19.1 Å². The van der Waals surface area contributed by atoms with Gasteiger partial charge >= 0.3 is 6.61 Å². The van der Waals surface area contributed by atoms with Gasteiger partial charge in [0.15, 0.2) is 0 Å². The Kier molecular flexibility index (Phi) is 6.47. The number of aromatic nitrogens is 2. The smallest absolute Gasteiger partial charge is 0.387 e. The molecule has 2 aromatic carbocycles. The number of aryl methyl sites for hydroxylation is 1. The number of carbonyl (C=O) groups excluding carboxylic acids is 1. The molecule has 34 heavy (non-hydrogen) atoms. The van der Waals surface area contributed by atoms with Gasteiger partial charge in [0.2, 0.25) is 0 Å². The largest absolute Gasteiger partial charge is 0.435 e. The molecule has 1 aliphatic rings. The summed E-state index contributed by atoms with van der Waals surface area (Å²) < 4.78 is 42.7. The van der Waals surface area contributed by atoms with Crippen molar-refractivity contribution in [3.05, 3.63) is 71.5 Å². The maximum Gasteiger partial charge on any atom is 0.387 e. The molecular weight excluding hydrogens is 464 g/mol. The topological polar surface area (TPSA) is 109 Å². The Morgan fingerprint density at radius 2 is 2.00 bits per heavy atom. The van der Waals surface area contributed by atoms with E-state index in [2.05, 4.69) is 20.5 Å². The number of hydrogen-bond acceptors (Lipinski definition) is 6. The second-order valence-corrected chi connectivity index (χ2v) is 9.71. The number of nitrogens with one attached hydrogen (secondary N) is 3. The van der Waals surface area contributed by atoms with Crippen LogP contribution < -0.4 is 15.4 Å². The molecule has 178 valence electrons. The standard InChI is InChI=1S/C23H23F2N5O3S/c1-23(12-34(32)13-23)29-21(31)14-6-7-18(17(10-14)20(26)19-8-9-27-30(19)2)28-15-4-3-5-16(11-15)33-22(24)25/h3-11,22,26,28H,12-13H2,1-2H3,(H,29,31). The van der Waals surface area contributed by atoms with Crippen molar-refractivity contribution in [3.8, 4) is 5.75 Å². The number of rotatable bonds is 8. The minimum atomic E-state index is -2.95. The van der Waals surface area contributed by atoms with E-state index in [9.17, 15) is 17.8 Å². The Bertz CT molecular complexity index is 1270. The van der Waals surface area contributed by atoms with E-state index in [1.54, 1.807) is 54.3 Å². The lowest BCUT2D eigenvalue weighted by Gasteiger charge is -2.38. The summed E-state index contributed by atoms with van der Waals surface area (Å²) in [4.78, 5) is 12.9. The van der Waals surface area contributed by atoms with Gasteiger partial charge in [-0.25, -0.2) is 0 Å². The molecule has 3 aromatic rings. The summed E-state index contributed by atoms with van der Waals surface area (Å²) in [5.74, 6) is 0.447. The number of nitrogens with zero attached hydrogens (tertiary/aromatic N) is 2. The number of carbonyl (C=O) groups is 1. The average Bonchev–Trinajstić information content (AvgIpc) is 3.18. The van der Waals surface area contributed by atoms with E-state index >= 15 is 0 Å². The zero-order valence-corrected chi connectivity index (χ0v) is 19.3. The highest BCUT2D eigenvalue weighted by Gasteiger charge is 2.39. The quantitative estimate of drug-likeness (QED) is 0.422. The summed E-state index contributed by atoms with van der Waals surface area (Å²) >= 11 is 0. The van der Waals surface area contributed by atoms with Gasteiger partial charge in [0, 0.05) is 64.1 Å². The summed E-state index contributed by atoms with van der Waals surface area (Å²) in [5.41, 5.74) is 1.83. The number of hydrogen-bond donors (Lipinski definition) is 3. The predicted octanol–water partition coefficient (Wildman–Crippen LogP) is 3.43. The number of amides is 1. The molecule has 11 heteroatoms. The van der Waals surface area contributed by atoms with Crippen molar-refractivity contribution in [1.82, 2.24) is 15.1 Å².